The first-order chi connectivity index (χ1) is 61.4. The SMILES string of the molecule is c1ccc(-c2cc(-c3cncc(-n4c5ccccc5c5cc(-c6ccc7c(c6)c6ccccc6n7-c6cncc(-c7nc(-c8ccccc8)nc(-c8ccccc8)n7)n6)ccc54)n3)nc(-c3ccccc3)n2)cc1.c1ccc(-c2nc(-c3ccccc3)nc(-c3cncc(-n4c5ccccc5c5cc(-c6ccc7[nH]c8ccccc8c7c6)ccc54)n3)n2)cc1. The molecular formula is C106H66N18. The maximum atomic E-state index is 5.27. The normalized spacial score (nSPS) is 11.5. The van der Waals surface area contributed by atoms with Crippen LogP contribution in [0.25, 0.3) is 230 Å². The molecule has 124 heavy (non-hydrogen) atoms. The fourth-order valence-corrected chi connectivity index (χ4v) is 16.9. The average Bonchev–Trinajstić information content (AvgIpc) is 1.63. The summed E-state index contributed by atoms with van der Waals surface area (Å²) >= 11 is 0. The number of aromatic nitrogens is 18. The van der Waals surface area contributed by atoms with Gasteiger partial charge in [-0.15, -0.1) is 0 Å². The molecule has 24 aromatic rings. The number of rotatable bonds is 14. The minimum atomic E-state index is 0.437. The molecule has 0 aliphatic heterocycles. The Labute approximate surface area is 708 Å². The van der Waals surface area contributed by atoms with E-state index < -0.39 is 0 Å². The van der Waals surface area contributed by atoms with Crippen molar-refractivity contribution < 1.29 is 0 Å². The van der Waals surface area contributed by atoms with Crippen LogP contribution in [0.5, 0.6) is 0 Å². The van der Waals surface area contributed by atoms with E-state index in [4.69, 9.17) is 64.8 Å². The number of hydrogen-bond donors (Lipinski definition) is 1. The molecular weight excluding hydrogens is 1530 g/mol. The molecule has 24 rings (SSSR count). The van der Waals surface area contributed by atoms with E-state index in [0.29, 0.717) is 81.0 Å². The van der Waals surface area contributed by atoms with Crippen LogP contribution in [-0.4, -0.2) is 88.5 Å². The zero-order chi connectivity index (χ0) is 82.0. The molecule has 10 aromatic heterocycles. The van der Waals surface area contributed by atoms with Gasteiger partial charge >= 0.3 is 0 Å². The molecule has 0 radical (unpaired) electrons. The summed E-state index contributed by atoms with van der Waals surface area (Å²) in [4.78, 5) is 72.8. The van der Waals surface area contributed by atoms with Crippen LogP contribution in [0.15, 0.2) is 395 Å². The Morgan fingerprint density at radius 1 is 0.161 bits per heavy atom. The van der Waals surface area contributed by atoms with Gasteiger partial charge in [0.2, 0.25) is 0 Å². The topological polar surface area (TPSA) is 211 Å². The number of para-hydroxylation sites is 4. The van der Waals surface area contributed by atoms with Crippen molar-refractivity contribution in [3.05, 3.63) is 395 Å². The highest BCUT2D eigenvalue weighted by Gasteiger charge is 2.24. The standard InChI is InChI=1S/C63H39N11.C43H27N7/c1-5-17-40(18-6-1)50-35-51(69-60(68-50)41-19-7-2-8-20-41)52-36-64-38-58(66-52)73-54-27-15-13-25-46(54)48-33-44(29-31-56(48)73)45-30-32-57-49(34-45)47-26-14-16-28-55(47)74(57)59-39-65-37-53(67-59)63-71-61(42-21-9-3-10-22-42)70-62(72-63)43-23-11-4-12-24-43;1-3-11-27(12-4-1)41-47-42(28-13-5-2-6-14-28)49-43(48-41)37-25-44-26-40(46-37)50-38-18-10-8-16-32(38)34-24-30(20-22-39(34)50)29-19-21-36-33(23-29)31-15-7-9-17-35(31)45-36/h1-39H;1-26,45H. The predicted octanol–water partition coefficient (Wildman–Crippen LogP) is 24.2. The van der Waals surface area contributed by atoms with Gasteiger partial charge in [-0.25, -0.2) is 54.8 Å². The summed E-state index contributed by atoms with van der Waals surface area (Å²) in [5, 5.41) is 9.13. The highest BCUT2D eigenvalue weighted by molar-refractivity contribution is 6.14. The highest BCUT2D eigenvalue weighted by Crippen LogP contribution is 2.42. The molecule has 18 nitrogen and oxygen atoms in total. The highest BCUT2D eigenvalue weighted by atomic mass is 15.1. The van der Waals surface area contributed by atoms with Gasteiger partial charge in [0.1, 0.15) is 17.1 Å². The van der Waals surface area contributed by atoms with E-state index in [2.05, 4.69) is 206 Å². The molecule has 1 N–H and O–H groups in total. The first kappa shape index (κ1) is 71.9. The second-order valence-corrected chi connectivity index (χ2v) is 30.2. The van der Waals surface area contributed by atoms with Crippen molar-refractivity contribution in [3.63, 3.8) is 0 Å². The van der Waals surface area contributed by atoms with Crippen LogP contribution in [-0.2, 0) is 0 Å². The molecule has 0 saturated heterocycles. The molecule has 0 unspecified atom stereocenters. The van der Waals surface area contributed by atoms with Crippen LogP contribution in [0.4, 0.5) is 0 Å². The Morgan fingerprint density at radius 2 is 0.444 bits per heavy atom. The van der Waals surface area contributed by atoms with E-state index in [-0.39, 0.29) is 0 Å². The lowest BCUT2D eigenvalue weighted by Gasteiger charge is -2.11. The summed E-state index contributed by atoms with van der Waals surface area (Å²) in [6, 6.07) is 122. The number of fused-ring (bicyclic) bond motifs is 12. The van der Waals surface area contributed by atoms with Crippen molar-refractivity contribution in [1.82, 2.24) is 88.5 Å². The van der Waals surface area contributed by atoms with Gasteiger partial charge in [-0.05, 0) is 101 Å². The van der Waals surface area contributed by atoms with Crippen molar-refractivity contribution in [2.24, 2.45) is 0 Å². The van der Waals surface area contributed by atoms with Crippen molar-refractivity contribution >= 4 is 87.2 Å². The van der Waals surface area contributed by atoms with Crippen LogP contribution in [0.1, 0.15) is 0 Å². The zero-order valence-electron chi connectivity index (χ0n) is 66.1. The van der Waals surface area contributed by atoms with Gasteiger partial charge in [-0.2, -0.15) is 0 Å². The van der Waals surface area contributed by atoms with Crippen LogP contribution >= 0.6 is 0 Å². The molecule has 14 aromatic carbocycles. The van der Waals surface area contributed by atoms with Gasteiger partial charge < -0.3 is 4.98 Å². The zero-order valence-corrected chi connectivity index (χ0v) is 66.1. The average molecular weight is 1590 g/mol. The summed E-state index contributed by atoms with van der Waals surface area (Å²) in [6.45, 7) is 0. The lowest BCUT2D eigenvalue weighted by atomic mass is 10.0. The molecule has 10 heterocycles. The number of benzene rings is 14. The quantitative estimate of drug-likeness (QED) is 0.107. The van der Waals surface area contributed by atoms with Crippen LogP contribution in [0.2, 0.25) is 0 Å². The Hall–Kier alpha value is -17.4. The van der Waals surface area contributed by atoms with Crippen molar-refractivity contribution in [2.75, 3.05) is 0 Å². The van der Waals surface area contributed by atoms with Crippen LogP contribution in [0, 0.1) is 0 Å². The third-order valence-electron chi connectivity index (χ3n) is 22.7. The smallest absolute Gasteiger partial charge is 0.184 e. The largest absolute Gasteiger partial charge is 0.355 e. The number of nitrogens with zero attached hydrogens (tertiary/aromatic N) is 17. The van der Waals surface area contributed by atoms with E-state index >= 15 is 0 Å². The first-order valence-corrected chi connectivity index (χ1v) is 40.8. The summed E-state index contributed by atoms with van der Waals surface area (Å²) in [7, 11) is 0. The van der Waals surface area contributed by atoms with E-state index in [1.807, 2.05) is 182 Å². The van der Waals surface area contributed by atoms with Crippen molar-refractivity contribution in [3.8, 4) is 142 Å². The summed E-state index contributed by atoms with van der Waals surface area (Å²) < 4.78 is 6.53. The molecule has 0 atom stereocenters. The first-order valence-electron chi connectivity index (χ1n) is 40.8. The van der Waals surface area contributed by atoms with Gasteiger partial charge in [0.05, 0.1) is 81.7 Å². The Balaban J connectivity index is 0.000000154. The molecule has 0 bridgehead atoms. The Morgan fingerprint density at radius 3 is 0.839 bits per heavy atom. The molecule has 0 amide bonds. The molecule has 0 aliphatic rings. The van der Waals surface area contributed by atoms with Gasteiger partial charge in [0.25, 0.3) is 0 Å². The van der Waals surface area contributed by atoms with E-state index in [1.165, 1.54) is 16.3 Å². The lowest BCUT2D eigenvalue weighted by Crippen LogP contribution is -2.04. The molecule has 18 heteroatoms. The monoisotopic (exact) mass is 1590 g/mol. The summed E-state index contributed by atoms with van der Waals surface area (Å²) in [6.07, 6.45) is 10.6. The fraction of sp³-hybridized carbons (Fsp3) is 0. The van der Waals surface area contributed by atoms with Crippen molar-refractivity contribution in [1.29, 1.82) is 0 Å². The van der Waals surface area contributed by atoms with Gasteiger partial charge in [-0.3, -0.25) is 28.7 Å². The Bertz CT molecular complexity index is 7780. The molecule has 0 aliphatic carbocycles. The van der Waals surface area contributed by atoms with Crippen molar-refractivity contribution in [2.45, 2.75) is 0 Å². The molecule has 0 spiro atoms. The number of aromatic amines is 1. The maximum absolute atomic E-state index is 5.27. The molecule has 0 saturated carbocycles. The lowest BCUT2D eigenvalue weighted by molar-refractivity contribution is 1.01. The minimum absolute atomic E-state index is 0.437. The van der Waals surface area contributed by atoms with Gasteiger partial charge in [-0.1, -0.05) is 279 Å². The maximum Gasteiger partial charge on any atom is 0.184 e. The second kappa shape index (κ2) is 30.5. The van der Waals surface area contributed by atoms with E-state index in [1.54, 1.807) is 31.0 Å². The third kappa shape index (κ3) is 13.1. The number of hydrogen-bond acceptors (Lipinski definition) is 14. The molecule has 580 valence electrons. The minimum Gasteiger partial charge on any atom is -0.355 e. The van der Waals surface area contributed by atoms with Gasteiger partial charge in [0.15, 0.2) is 58.2 Å². The van der Waals surface area contributed by atoms with Crippen LogP contribution in [0.3, 0.4) is 0 Å². The second-order valence-electron chi connectivity index (χ2n) is 30.2. The fourth-order valence-electron chi connectivity index (χ4n) is 16.9. The van der Waals surface area contributed by atoms with E-state index in [9.17, 15) is 0 Å². The van der Waals surface area contributed by atoms with E-state index in [0.717, 1.165) is 132 Å². The Kier molecular flexibility index (Phi) is 17.7. The summed E-state index contributed by atoms with van der Waals surface area (Å²) in [5.41, 5.74) is 21.6. The predicted molar refractivity (Wildman–Crippen MR) is 494 cm³/mol. The third-order valence-corrected chi connectivity index (χ3v) is 22.7. The number of nitrogens with one attached hydrogen (secondary N) is 1. The number of H-pyrrole nitrogens is 1. The summed E-state index contributed by atoms with van der Waals surface area (Å²) in [5.74, 6) is 5.83. The van der Waals surface area contributed by atoms with Gasteiger partial charge in [0, 0.05) is 87.5 Å². The van der Waals surface area contributed by atoms with Crippen LogP contribution < -0.4 is 0 Å². The molecule has 0 fully saturated rings.